The number of pyridine rings is 1. The molecule has 5 heteroatoms. The van der Waals surface area contributed by atoms with Gasteiger partial charge in [0.05, 0.1) is 11.7 Å². The van der Waals surface area contributed by atoms with Gasteiger partial charge >= 0.3 is 6.09 Å². The van der Waals surface area contributed by atoms with Gasteiger partial charge in [0, 0.05) is 12.4 Å². The van der Waals surface area contributed by atoms with Crippen LogP contribution in [-0.2, 0) is 4.74 Å². The minimum atomic E-state index is -0.494. The Hall–Kier alpha value is -1.78. The van der Waals surface area contributed by atoms with Gasteiger partial charge in [-0.25, -0.2) is 4.79 Å². The summed E-state index contributed by atoms with van der Waals surface area (Å²) in [5.74, 6) is 0.455. The van der Waals surface area contributed by atoms with Gasteiger partial charge in [-0.05, 0) is 51.2 Å². The molecule has 0 bridgehead atoms. The van der Waals surface area contributed by atoms with Crippen LogP contribution in [0.5, 0.6) is 0 Å². The van der Waals surface area contributed by atoms with Crippen LogP contribution in [0.3, 0.4) is 0 Å². The average molecular weight is 263 g/mol. The van der Waals surface area contributed by atoms with Crippen LogP contribution in [0.15, 0.2) is 18.5 Å². The van der Waals surface area contributed by atoms with E-state index in [1.165, 1.54) is 0 Å². The number of nitrogen functional groups attached to an aromatic ring is 1. The van der Waals surface area contributed by atoms with Gasteiger partial charge in [-0.2, -0.15) is 0 Å². The van der Waals surface area contributed by atoms with Crippen molar-refractivity contribution in [1.82, 2.24) is 10.3 Å². The van der Waals surface area contributed by atoms with Crippen LogP contribution < -0.4 is 11.1 Å². The smallest absolute Gasteiger partial charge is 0.408 e. The Kier molecular flexibility index (Phi) is 3.64. The Morgan fingerprint density at radius 2 is 2.16 bits per heavy atom. The predicted octanol–water partition coefficient (Wildman–Crippen LogP) is 2.64. The quantitative estimate of drug-likeness (QED) is 0.878. The Balaban J connectivity index is 2.07. The van der Waals surface area contributed by atoms with Gasteiger partial charge in [0.25, 0.3) is 0 Å². The number of nitrogens with zero attached hydrogens (tertiary/aromatic N) is 1. The average Bonchev–Trinajstić information content (AvgIpc) is 3.07. The molecule has 1 heterocycles. The van der Waals surface area contributed by atoms with Crippen molar-refractivity contribution in [3.05, 3.63) is 24.0 Å². The van der Waals surface area contributed by atoms with E-state index >= 15 is 0 Å². The largest absolute Gasteiger partial charge is 0.444 e. The third-order valence-corrected chi connectivity index (χ3v) is 2.91. The number of aromatic nitrogens is 1. The molecule has 0 spiro atoms. The Morgan fingerprint density at radius 1 is 1.47 bits per heavy atom. The Bertz CT molecular complexity index is 464. The molecular formula is C14H21N3O2. The lowest BCUT2D eigenvalue weighted by Gasteiger charge is -2.23. The van der Waals surface area contributed by atoms with Gasteiger partial charge in [-0.3, -0.25) is 4.98 Å². The number of alkyl carbamates (subject to hydrolysis) is 1. The highest BCUT2D eigenvalue weighted by molar-refractivity contribution is 5.68. The van der Waals surface area contributed by atoms with Crippen molar-refractivity contribution in [2.24, 2.45) is 5.92 Å². The number of nitrogens with one attached hydrogen (secondary N) is 1. The fourth-order valence-corrected chi connectivity index (χ4v) is 1.98. The van der Waals surface area contributed by atoms with E-state index in [-0.39, 0.29) is 6.04 Å². The van der Waals surface area contributed by atoms with Crippen LogP contribution in [0.25, 0.3) is 0 Å². The topological polar surface area (TPSA) is 77.2 Å². The van der Waals surface area contributed by atoms with Gasteiger partial charge in [-0.15, -0.1) is 0 Å². The Labute approximate surface area is 113 Å². The zero-order chi connectivity index (χ0) is 14.0. The van der Waals surface area contributed by atoms with E-state index in [1.54, 1.807) is 12.4 Å². The van der Waals surface area contributed by atoms with Gasteiger partial charge in [0.2, 0.25) is 0 Å². The van der Waals surface area contributed by atoms with Crippen LogP contribution in [0.1, 0.15) is 45.2 Å². The summed E-state index contributed by atoms with van der Waals surface area (Å²) in [5, 5.41) is 2.92. The van der Waals surface area contributed by atoms with Gasteiger partial charge < -0.3 is 15.8 Å². The molecule has 1 aliphatic rings. The second-order valence-corrected chi connectivity index (χ2v) is 6.01. The van der Waals surface area contributed by atoms with Crippen molar-refractivity contribution in [1.29, 1.82) is 0 Å². The second-order valence-electron chi connectivity index (χ2n) is 6.01. The third kappa shape index (κ3) is 4.12. The fourth-order valence-electron chi connectivity index (χ4n) is 1.98. The van der Waals surface area contributed by atoms with Crippen LogP contribution >= 0.6 is 0 Å². The summed E-state index contributed by atoms with van der Waals surface area (Å²) in [4.78, 5) is 16.0. The summed E-state index contributed by atoms with van der Waals surface area (Å²) in [7, 11) is 0. The highest BCUT2D eigenvalue weighted by Crippen LogP contribution is 2.41. The van der Waals surface area contributed by atoms with Crippen LogP contribution in [-0.4, -0.2) is 16.7 Å². The van der Waals surface area contributed by atoms with Crippen molar-refractivity contribution in [2.75, 3.05) is 5.73 Å². The SMILES string of the molecule is CC(C)(C)OC(=O)N[C@H](c1cncc(N)c1)C1CC1. The number of amides is 1. The minimum absolute atomic E-state index is 0.0640. The molecule has 1 aromatic heterocycles. The summed E-state index contributed by atoms with van der Waals surface area (Å²) in [6, 6.07) is 1.79. The molecule has 2 rings (SSSR count). The fraction of sp³-hybridized carbons (Fsp3) is 0.571. The van der Waals surface area contributed by atoms with E-state index in [4.69, 9.17) is 10.5 Å². The van der Waals surface area contributed by atoms with E-state index < -0.39 is 11.7 Å². The maximum atomic E-state index is 11.9. The number of anilines is 1. The molecule has 1 aromatic rings. The maximum absolute atomic E-state index is 11.9. The maximum Gasteiger partial charge on any atom is 0.408 e. The van der Waals surface area contributed by atoms with E-state index in [0.717, 1.165) is 18.4 Å². The summed E-state index contributed by atoms with van der Waals surface area (Å²) in [6.07, 6.45) is 5.16. The number of rotatable bonds is 3. The molecule has 0 saturated heterocycles. The number of hydrogen-bond donors (Lipinski definition) is 2. The summed E-state index contributed by atoms with van der Waals surface area (Å²) in [5.41, 5.74) is 6.79. The summed E-state index contributed by atoms with van der Waals surface area (Å²) >= 11 is 0. The normalized spacial score (nSPS) is 16.8. The first-order valence-corrected chi connectivity index (χ1v) is 6.55. The van der Waals surface area contributed by atoms with Crippen LogP contribution in [0, 0.1) is 5.92 Å². The zero-order valence-electron chi connectivity index (χ0n) is 11.6. The van der Waals surface area contributed by atoms with Crippen molar-refractivity contribution in [2.45, 2.75) is 45.3 Å². The lowest BCUT2D eigenvalue weighted by molar-refractivity contribution is 0.0497. The molecule has 3 N–H and O–H groups in total. The van der Waals surface area contributed by atoms with E-state index in [1.807, 2.05) is 26.8 Å². The standard InChI is InChI=1S/C14H21N3O2/c1-14(2,3)19-13(18)17-12(9-4-5-9)10-6-11(15)8-16-7-10/h6-9,12H,4-5,15H2,1-3H3,(H,17,18)/t12-/m0/s1. The molecule has 1 atom stereocenters. The second kappa shape index (κ2) is 5.07. The van der Waals surface area contributed by atoms with Crippen molar-refractivity contribution in [3.63, 3.8) is 0 Å². The highest BCUT2D eigenvalue weighted by atomic mass is 16.6. The number of ether oxygens (including phenoxy) is 1. The zero-order valence-corrected chi connectivity index (χ0v) is 11.6. The van der Waals surface area contributed by atoms with Gasteiger partial charge in [0.15, 0.2) is 0 Å². The molecule has 1 saturated carbocycles. The van der Waals surface area contributed by atoms with E-state index in [0.29, 0.717) is 11.6 Å². The molecule has 1 aliphatic carbocycles. The van der Waals surface area contributed by atoms with Gasteiger partial charge in [-0.1, -0.05) is 0 Å². The first kappa shape index (κ1) is 13.6. The van der Waals surface area contributed by atoms with E-state index in [2.05, 4.69) is 10.3 Å². The predicted molar refractivity (Wildman–Crippen MR) is 73.5 cm³/mol. The summed E-state index contributed by atoms with van der Waals surface area (Å²) < 4.78 is 5.30. The molecule has 0 unspecified atom stereocenters. The minimum Gasteiger partial charge on any atom is -0.444 e. The summed E-state index contributed by atoms with van der Waals surface area (Å²) in [6.45, 7) is 5.54. The molecule has 19 heavy (non-hydrogen) atoms. The van der Waals surface area contributed by atoms with Crippen molar-refractivity contribution >= 4 is 11.8 Å². The third-order valence-electron chi connectivity index (χ3n) is 2.91. The lowest BCUT2D eigenvalue weighted by Crippen LogP contribution is -2.35. The first-order valence-electron chi connectivity index (χ1n) is 6.55. The highest BCUT2D eigenvalue weighted by Gasteiger charge is 2.34. The molecular weight excluding hydrogens is 242 g/mol. The van der Waals surface area contributed by atoms with Crippen LogP contribution in [0.4, 0.5) is 10.5 Å². The van der Waals surface area contributed by atoms with E-state index in [9.17, 15) is 4.79 Å². The molecule has 1 amide bonds. The number of hydrogen-bond acceptors (Lipinski definition) is 4. The van der Waals surface area contributed by atoms with Crippen LogP contribution in [0.2, 0.25) is 0 Å². The monoisotopic (exact) mass is 263 g/mol. The molecule has 0 aromatic carbocycles. The van der Waals surface area contributed by atoms with Gasteiger partial charge in [0.1, 0.15) is 5.60 Å². The number of carbonyl (C=O) groups is 1. The molecule has 5 nitrogen and oxygen atoms in total. The first-order chi connectivity index (χ1) is 8.85. The lowest BCUT2D eigenvalue weighted by atomic mass is 10.0. The number of carbonyl (C=O) groups excluding carboxylic acids is 1. The molecule has 0 radical (unpaired) electrons. The number of nitrogens with two attached hydrogens (primary N) is 1. The molecule has 104 valence electrons. The van der Waals surface area contributed by atoms with Crippen molar-refractivity contribution in [3.8, 4) is 0 Å². The molecule has 1 fully saturated rings. The molecule has 0 aliphatic heterocycles. The van der Waals surface area contributed by atoms with Crippen molar-refractivity contribution < 1.29 is 9.53 Å². The Morgan fingerprint density at radius 3 is 2.68 bits per heavy atom.